The van der Waals surface area contributed by atoms with Gasteiger partial charge < -0.3 is 9.84 Å². The predicted molar refractivity (Wildman–Crippen MR) is 84.6 cm³/mol. The number of aliphatic carboxylic acids is 1. The third-order valence-electron chi connectivity index (χ3n) is 4.33. The van der Waals surface area contributed by atoms with E-state index in [1.54, 1.807) is 0 Å². The van der Waals surface area contributed by atoms with Gasteiger partial charge in [0.05, 0.1) is 12.7 Å². The van der Waals surface area contributed by atoms with Crippen LogP contribution in [0.5, 0.6) is 0 Å². The van der Waals surface area contributed by atoms with Gasteiger partial charge in [0.25, 0.3) is 0 Å². The monoisotopic (exact) mass is 300 g/mol. The fourth-order valence-corrected chi connectivity index (χ4v) is 3.06. The zero-order valence-electron chi connectivity index (χ0n) is 14.0. The summed E-state index contributed by atoms with van der Waals surface area (Å²) in [5.74, 6) is -0.730. The van der Waals surface area contributed by atoms with Crippen LogP contribution in [0.4, 0.5) is 0 Å². The summed E-state index contributed by atoms with van der Waals surface area (Å²) in [6.07, 6.45) is 3.56. The largest absolute Gasteiger partial charge is 0.480 e. The SMILES string of the molecule is CCC1CN(CCCC(CC)(NC(C)C)C(=O)O)CCO1. The Morgan fingerprint density at radius 2 is 2.19 bits per heavy atom. The Morgan fingerprint density at radius 3 is 2.71 bits per heavy atom. The molecule has 0 spiro atoms. The molecule has 2 N–H and O–H groups in total. The fourth-order valence-electron chi connectivity index (χ4n) is 3.06. The number of carboxylic acid groups (broad SMARTS) is 1. The van der Waals surface area contributed by atoms with E-state index < -0.39 is 11.5 Å². The molecule has 1 fully saturated rings. The van der Waals surface area contributed by atoms with E-state index in [-0.39, 0.29) is 6.04 Å². The van der Waals surface area contributed by atoms with Gasteiger partial charge in [0.2, 0.25) is 0 Å². The molecule has 1 rings (SSSR count). The van der Waals surface area contributed by atoms with Crippen LogP contribution in [0.1, 0.15) is 53.4 Å². The zero-order valence-corrected chi connectivity index (χ0v) is 14.0. The number of nitrogens with one attached hydrogen (secondary N) is 1. The number of carboxylic acids is 1. The van der Waals surface area contributed by atoms with E-state index >= 15 is 0 Å². The van der Waals surface area contributed by atoms with Crippen molar-refractivity contribution in [3.63, 3.8) is 0 Å². The second kappa shape index (κ2) is 8.71. The lowest BCUT2D eigenvalue weighted by Crippen LogP contribution is -2.54. The van der Waals surface area contributed by atoms with Gasteiger partial charge in [0.15, 0.2) is 0 Å². The minimum atomic E-state index is -0.787. The molecular weight excluding hydrogens is 268 g/mol. The average molecular weight is 300 g/mol. The van der Waals surface area contributed by atoms with Gasteiger partial charge in [-0.1, -0.05) is 13.8 Å². The first kappa shape index (κ1) is 18.4. The first-order valence-electron chi connectivity index (χ1n) is 8.28. The standard InChI is InChI=1S/C16H32N2O3/c1-5-14-12-18(10-11-21-14)9-7-8-16(6-2,15(19)20)17-13(3)4/h13-14,17H,5-12H2,1-4H3,(H,19,20). The molecule has 0 bridgehead atoms. The smallest absolute Gasteiger partial charge is 0.323 e. The fraction of sp³-hybridized carbons (Fsp3) is 0.938. The molecule has 21 heavy (non-hydrogen) atoms. The lowest BCUT2D eigenvalue weighted by molar-refractivity contribution is -0.146. The van der Waals surface area contributed by atoms with Crippen LogP contribution in [-0.4, -0.2) is 59.9 Å². The molecule has 0 saturated carbocycles. The molecule has 0 amide bonds. The predicted octanol–water partition coefficient (Wildman–Crippen LogP) is 2.11. The molecule has 0 radical (unpaired) electrons. The summed E-state index contributed by atoms with van der Waals surface area (Å²) in [5, 5.41) is 12.9. The van der Waals surface area contributed by atoms with E-state index in [4.69, 9.17) is 4.74 Å². The van der Waals surface area contributed by atoms with E-state index in [0.29, 0.717) is 18.9 Å². The lowest BCUT2D eigenvalue weighted by atomic mass is 9.89. The molecule has 2 unspecified atom stereocenters. The minimum absolute atomic E-state index is 0.175. The Balaban J connectivity index is 2.47. The first-order chi connectivity index (χ1) is 9.93. The normalized spacial score (nSPS) is 23.2. The Hall–Kier alpha value is -0.650. The van der Waals surface area contributed by atoms with Crippen molar-refractivity contribution in [1.82, 2.24) is 10.2 Å². The van der Waals surface area contributed by atoms with Crippen molar-refractivity contribution in [1.29, 1.82) is 0 Å². The van der Waals surface area contributed by atoms with Crippen LogP contribution in [0.15, 0.2) is 0 Å². The molecule has 5 nitrogen and oxygen atoms in total. The summed E-state index contributed by atoms with van der Waals surface area (Å²) in [6.45, 7) is 11.8. The molecule has 1 aliphatic heterocycles. The average Bonchev–Trinajstić information content (AvgIpc) is 2.45. The van der Waals surface area contributed by atoms with Gasteiger partial charge in [-0.3, -0.25) is 15.0 Å². The maximum absolute atomic E-state index is 11.7. The Labute approximate surface area is 129 Å². The zero-order chi connectivity index (χ0) is 15.9. The van der Waals surface area contributed by atoms with Gasteiger partial charge in [-0.25, -0.2) is 0 Å². The quantitative estimate of drug-likeness (QED) is 0.683. The van der Waals surface area contributed by atoms with Crippen molar-refractivity contribution < 1.29 is 14.6 Å². The van der Waals surface area contributed by atoms with Crippen molar-refractivity contribution in [2.24, 2.45) is 0 Å². The van der Waals surface area contributed by atoms with Gasteiger partial charge in [0.1, 0.15) is 5.54 Å². The van der Waals surface area contributed by atoms with Gasteiger partial charge in [-0.2, -0.15) is 0 Å². The van der Waals surface area contributed by atoms with Crippen molar-refractivity contribution in [2.75, 3.05) is 26.2 Å². The summed E-state index contributed by atoms with van der Waals surface area (Å²) in [5.41, 5.74) is -0.787. The Morgan fingerprint density at radius 1 is 1.48 bits per heavy atom. The van der Waals surface area contributed by atoms with Gasteiger partial charge in [-0.15, -0.1) is 0 Å². The Kier molecular flexibility index (Phi) is 7.63. The molecule has 2 atom stereocenters. The molecule has 0 aromatic carbocycles. The number of rotatable bonds is 9. The summed E-state index contributed by atoms with van der Waals surface area (Å²) in [7, 11) is 0. The molecule has 124 valence electrons. The molecule has 0 aliphatic carbocycles. The van der Waals surface area contributed by atoms with Gasteiger partial charge >= 0.3 is 5.97 Å². The van der Waals surface area contributed by atoms with Crippen LogP contribution in [0, 0.1) is 0 Å². The molecule has 1 heterocycles. The highest BCUT2D eigenvalue weighted by atomic mass is 16.5. The van der Waals surface area contributed by atoms with Crippen LogP contribution in [-0.2, 0) is 9.53 Å². The van der Waals surface area contributed by atoms with Crippen LogP contribution >= 0.6 is 0 Å². The molecule has 5 heteroatoms. The Bertz CT molecular complexity index is 323. The highest BCUT2D eigenvalue weighted by Crippen LogP contribution is 2.20. The number of nitrogens with zero attached hydrogens (tertiary/aromatic N) is 1. The number of morpholine rings is 1. The highest BCUT2D eigenvalue weighted by molar-refractivity contribution is 5.78. The van der Waals surface area contributed by atoms with Gasteiger partial charge in [0, 0.05) is 19.1 Å². The van der Waals surface area contributed by atoms with Crippen molar-refractivity contribution in [2.45, 2.75) is 71.1 Å². The third kappa shape index (κ3) is 5.57. The number of hydrogen-bond acceptors (Lipinski definition) is 4. The van der Waals surface area contributed by atoms with Crippen molar-refractivity contribution in [3.05, 3.63) is 0 Å². The van der Waals surface area contributed by atoms with E-state index in [9.17, 15) is 9.90 Å². The summed E-state index contributed by atoms with van der Waals surface area (Å²) in [6, 6.07) is 0.175. The topological polar surface area (TPSA) is 61.8 Å². The lowest BCUT2D eigenvalue weighted by Gasteiger charge is -2.35. The third-order valence-corrected chi connectivity index (χ3v) is 4.33. The number of hydrogen-bond donors (Lipinski definition) is 2. The first-order valence-corrected chi connectivity index (χ1v) is 8.28. The second-order valence-corrected chi connectivity index (χ2v) is 6.35. The molecular formula is C16H32N2O3. The summed E-state index contributed by atoms with van der Waals surface area (Å²) in [4.78, 5) is 14.1. The van der Waals surface area contributed by atoms with Crippen LogP contribution in [0.3, 0.4) is 0 Å². The van der Waals surface area contributed by atoms with E-state index in [1.165, 1.54) is 0 Å². The van der Waals surface area contributed by atoms with Crippen LogP contribution < -0.4 is 5.32 Å². The molecule has 0 aromatic rings. The van der Waals surface area contributed by atoms with Gasteiger partial charge in [-0.05, 0) is 46.1 Å². The minimum Gasteiger partial charge on any atom is -0.480 e. The number of carbonyl (C=O) groups is 1. The molecule has 0 aromatic heterocycles. The second-order valence-electron chi connectivity index (χ2n) is 6.35. The maximum Gasteiger partial charge on any atom is 0.323 e. The summed E-state index contributed by atoms with van der Waals surface area (Å²) >= 11 is 0. The van der Waals surface area contributed by atoms with E-state index in [2.05, 4.69) is 17.1 Å². The number of ether oxygens (including phenoxy) is 1. The van der Waals surface area contributed by atoms with E-state index in [1.807, 2.05) is 20.8 Å². The van der Waals surface area contributed by atoms with E-state index in [0.717, 1.165) is 39.1 Å². The van der Waals surface area contributed by atoms with Crippen LogP contribution in [0.2, 0.25) is 0 Å². The van der Waals surface area contributed by atoms with Crippen LogP contribution in [0.25, 0.3) is 0 Å². The highest BCUT2D eigenvalue weighted by Gasteiger charge is 2.36. The molecule has 1 aliphatic rings. The molecule has 1 saturated heterocycles. The van der Waals surface area contributed by atoms with Crippen molar-refractivity contribution in [3.8, 4) is 0 Å². The maximum atomic E-state index is 11.7. The van der Waals surface area contributed by atoms with Crippen molar-refractivity contribution >= 4 is 5.97 Å². The summed E-state index contributed by atoms with van der Waals surface area (Å²) < 4.78 is 5.67.